The normalized spacial score (nSPS) is 15.8. The molecular weight excluding hydrogens is 222 g/mol. The zero-order valence-electron chi connectivity index (χ0n) is 10.9. The van der Waals surface area contributed by atoms with Gasteiger partial charge in [-0.3, -0.25) is 4.79 Å². The van der Waals surface area contributed by atoms with E-state index in [1.807, 2.05) is 6.92 Å². The molecule has 1 N–H and O–H groups in total. The van der Waals surface area contributed by atoms with Gasteiger partial charge in [-0.1, -0.05) is 13.0 Å². The molecule has 0 heterocycles. The molecule has 1 unspecified atom stereocenters. The van der Waals surface area contributed by atoms with E-state index in [2.05, 4.69) is 0 Å². The molecule has 0 aromatic rings. The van der Waals surface area contributed by atoms with Gasteiger partial charge >= 0.3 is 0 Å². The van der Waals surface area contributed by atoms with Crippen LogP contribution in [-0.2, 0) is 9.59 Å². The first-order chi connectivity index (χ1) is 7.60. The highest BCUT2D eigenvalue weighted by molar-refractivity contribution is 5.99. The van der Waals surface area contributed by atoms with Crippen molar-refractivity contribution >= 4 is 11.8 Å². The Morgan fingerprint density at radius 2 is 1.88 bits per heavy atom. The van der Waals surface area contributed by atoms with E-state index in [4.69, 9.17) is 0 Å². The van der Waals surface area contributed by atoms with E-state index in [1.54, 1.807) is 27.2 Å². The monoisotopic (exact) mass is 243 g/mol. The van der Waals surface area contributed by atoms with Gasteiger partial charge in [-0.05, 0) is 12.5 Å². The molecule has 0 aromatic heterocycles. The zero-order chi connectivity index (χ0) is 13.7. The molecule has 5 nitrogen and oxygen atoms in total. The first kappa shape index (κ1) is 15.8. The topological polar surface area (TPSA) is 77.4 Å². The number of ketones is 1. The van der Waals surface area contributed by atoms with Crippen LogP contribution in [0.2, 0.25) is 0 Å². The summed E-state index contributed by atoms with van der Waals surface area (Å²) >= 11 is 0. The molecule has 0 fully saturated rings. The summed E-state index contributed by atoms with van der Waals surface area (Å²) in [5.74, 6) is -2.02. The highest BCUT2D eigenvalue weighted by atomic mass is 16.4. The molecule has 0 radical (unpaired) electrons. The fourth-order valence-corrected chi connectivity index (χ4v) is 1.62. The van der Waals surface area contributed by atoms with Crippen LogP contribution in [0.15, 0.2) is 12.2 Å². The molecule has 0 bridgehead atoms. The van der Waals surface area contributed by atoms with Gasteiger partial charge in [0.1, 0.15) is 6.54 Å². The molecule has 0 aliphatic heterocycles. The first-order valence-corrected chi connectivity index (χ1v) is 5.54. The van der Waals surface area contributed by atoms with Crippen LogP contribution < -0.4 is 5.11 Å². The lowest BCUT2D eigenvalue weighted by molar-refractivity contribution is -0.875. The van der Waals surface area contributed by atoms with E-state index >= 15 is 0 Å². The highest BCUT2D eigenvalue weighted by Crippen LogP contribution is 2.16. The van der Waals surface area contributed by atoms with E-state index in [0.29, 0.717) is 6.42 Å². The Labute approximate surface area is 102 Å². The summed E-state index contributed by atoms with van der Waals surface area (Å²) < 4.78 is 0.287. The minimum Gasteiger partial charge on any atom is -0.550 e. The number of carbonyl (C=O) groups is 2. The van der Waals surface area contributed by atoms with Crippen molar-refractivity contribution in [1.82, 2.24) is 0 Å². The third-order valence-corrected chi connectivity index (χ3v) is 2.14. The molecule has 0 aliphatic carbocycles. The zero-order valence-corrected chi connectivity index (χ0v) is 10.9. The maximum absolute atomic E-state index is 11.8. The number of hydrogen-bond acceptors (Lipinski definition) is 4. The lowest BCUT2D eigenvalue weighted by Crippen LogP contribution is -2.55. The number of likely N-dealkylation sites (N-methyl/N-ethyl adjacent to an activating group) is 1. The predicted octanol–water partition coefficient (Wildman–Crippen LogP) is -0.901. The van der Waals surface area contributed by atoms with Gasteiger partial charge in [0.25, 0.3) is 0 Å². The number of rotatable bonds is 7. The van der Waals surface area contributed by atoms with Gasteiger partial charge in [0.15, 0.2) is 11.4 Å². The fourth-order valence-electron chi connectivity index (χ4n) is 1.62. The molecule has 0 spiro atoms. The number of aliphatic carboxylic acids is 1. The third-order valence-electron chi connectivity index (χ3n) is 2.14. The SMILES string of the molecule is CC/C=C/C(=O)C(O)(CC(=O)[O-])C[N+](C)(C)C. The predicted molar refractivity (Wildman–Crippen MR) is 61.9 cm³/mol. The van der Waals surface area contributed by atoms with E-state index in [1.165, 1.54) is 6.08 Å². The van der Waals surface area contributed by atoms with Gasteiger partial charge < -0.3 is 19.5 Å². The van der Waals surface area contributed by atoms with Crippen molar-refractivity contribution in [3.63, 3.8) is 0 Å². The Balaban J connectivity index is 5.02. The number of hydrogen-bond donors (Lipinski definition) is 1. The summed E-state index contributed by atoms with van der Waals surface area (Å²) in [4.78, 5) is 22.4. The fraction of sp³-hybridized carbons (Fsp3) is 0.667. The quantitative estimate of drug-likeness (QED) is 0.464. The molecule has 0 aromatic carbocycles. The van der Waals surface area contributed by atoms with Gasteiger partial charge in [-0.15, -0.1) is 0 Å². The Kier molecular flexibility index (Phi) is 5.51. The number of allylic oxidation sites excluding steroid dienone is 1. The number of aliphatic hydroxyl groups is 1. The van der Waals surface area contributed by atoms with Crippen LogP contribution >= 0.6 is 0 Å². The standard InChI is InChI=1S/C12H21NO4/c1-5-6-7-10(14)12(17,8-11(15)16)9-13(2,3)4/h6-7,17H,5,8-9H2,1-4H3/b7-6+. The van der Waals surface area contributed by atoms with E-state index in [-0.39, 0.29) is 11.0 Å². The van der Waals surface area contributed by atoms with Crippen LogP contribution in [0.1, 0.15) is 19.8 Å². The average Bonchev–Trinajstić information content (AvgIpc) is 2.09. The van der Waals surface area contributed by atoms with Crippen molar-refractivity contribution in [1.29, 1.82) is 0 Å². The largest absolute Gasteiger partial charge is 0.550 e. The average molecular weight is 243 g/mol. The van der Waals surface area contributed by atoms with Crippen LogP contribution in [0, 0.1) is 0 Å². The van der Waals surface area contributed by atoms with Gasteiger partial charge in [0, 0.05) is 12.4 Å². The van der Waals surface area contributed by atoms with Crippen molar-refractivity contribution in [3.05, 3.63) is 12.2 Å². The van der Waals surface area contributed by atoms with Crippen molar-refractivity contribution in [2.75, 3.05) is 27.7 Å². The van der Waals surface area contributed by atoms with Crippen molar-refractivity contribution in [2.24, 2.45) is 0 Å². The minimum absolute atomic E-state index is 0.0217. The van der Waals surface area contributed by atoms with E-state index in [0.717, 1.165) is 0 Å². The summed E-state index contributed by atoms with van der Waals surface area (Å²) in [6.07, 6.45) is 2.80. The second-order valence-corrected chi connectivity index (χ2v) is 5.20. The molecule has 0 amide bonds. The summed E-state index contributed by atoms with van der Waals surface area (Å²) in [7, 11) is 5.32. The van der Waals surface area contributed by atoms with Gasteiger partial charge in [0.05, 0.1) is 21.1 Å². The Morgan fingerprint density at radius 3 is 2.24 bits per heavy atom. The molecule has 5 heteroatoms. The lowest BCUT2D eigenvalue weighted by atomic mass is 9.92. The second-order valence-electron chi connectivity index (χ2n) is 5.20. The number of carbonyl (C=O) groups excluding carboxylic acids is 2. The Morgan fingerprint density at radius 1 is 1.35 bits per heavy atom. The third kappa shape index (κ3) is 6.19. The smallest absolute Gasteiger partial charge is 0.193 e. The summed E-state index contributed by atoms with van der Waals surface area (Å²) in [5, 5.41) is 20.8. The van der Waals surface area contributed by atoms with E-state index in [9.17, 15) is 19.8 Å². The van der Waals surface area contributed by atoms with Crippen LogP contribution in [0.5, 0.6) is 0 Å². The van der Waals surface area contributed by atoms with Gasteiger partial charge in [-0.2, -0.15) is 0 Å². The molecule has 1 atom stereocenters. The summed E-state index contributed by atoms with van der Waals surface area (Å²) in [6.45, 7) is 1.87. The maximum atomic E-state index is 11.8. The molecule has 0 aliphatic rings. The van der Waals surface area contributed by atoms with E-state index < -0.39 is 23.8 Å². The van der Waals surface area contributed by atoms with Crippen LogP contribution in [-0.4, -0.2) is 54.6 Å². The Bertz CT molecular complexity index is 317. The number of carboxylic acid groups (broad SMARTS) is 1. The van der Waals surface area contributed by atoms with Crippen molar-refractivity contribution in [3.8, 4) is 0 Å². The number of quaternary nitrogens is 1. The van der Waals surface area contributed by atoms with Crippen LogP contribution in [0.3, 0.4) is 0 Å². The molecule has 0 saturated carbocycles. The van der Waals surface area contributed by atoms with Crippen molar-refractivity contribution in [2.45, 2.75) is 25.4 Å². The second kappa shape index (κ2) is 5.93. The maximum Gasteiger partial charge on any atom is 0.193 e. The van der Waals surface area contributed by atoms with Gasteiger partial charge in [0.2, 0.25) is 0 Å². The van der Waals surface area contributed by atoms with Crippen molar-refractivity contribution < 1.29 is 24.3 Å². The minimum atomic E-state index is -1.90. The van der Waals surface area contributed by atoms with Crippen LogP contribution in [0.25, 0.3) is 0 Å². The highest BCUT2D eigenvalue weighted by Gasteiger charge is 2.39. The molecule has 17 heavy (non-hydrogen) atoms. The summed E-state index contributed by atoms with van der Waals surface area (Å²) in [5.41, 5.74) is -1.90. The molecular formula is C12H21NO4. The molecule has 98 valence electrons. The number of nitrogens with zero attached hydrogens (tertiary/aromatic N) is 1. The molecule has 0 rings (SSSR count). The first-order valence-electron chi connectivity index (χ1n) is 5.54. The Hall–Kier alpha value is -1.20. The summed E-state index contributed by atoms with van der Waals surface area (Å²) in [6, 6.07) is 0. The van der Waals surface area contributed by atoms with Gasteiger partial charge in [-0.25, -0.2) is 0 Å². The lowest BCUT2D eigenvalue weighted by Gasteiger charge is -2.34. The van der Waals surface area contributed by atoms with Crippen LogP contribution in [0.4, 0.5) is 0 Å². The number of carboxylic acids is 1. The molecule has 0 saturated heterocycles.